The summed E-state index contributed by atoms with van der Waals surface area (Å²) in [5.41, 5.74) is 0.363. The van der Waals surface area contributed by atoms with Gasteiger partial charge in [-0.05, 0) is 6.92 Å². The number of hydrogen-bond donors (Lipinski definition) is 1. The first-order chi connectivity index (χ1) is 6.85. The Kier molecular flexibility index (Phi) is 3.19. The number of cyclic esters (lactones) is 1. The highest BCUT2D eigenvalue weighted by molar-refractivity contribution is 5.89. The van der Waals surface area contributed by atoms with Gasteiger partial charge in [0.25, 0.3) is 0 Å². The molecule has 0 amide bonds. The smallest absolute Gasteiger partial charge is 0.340 e. The number of rotatable bonds is 3. The molecule has 84 valence electrons. The van der Waals surface area contributed by atoms with Crippen molar-refractivity contribution < 1.29 is 19.4 Å². The third-order valence-electron chi connectivity index (χ3n) is 2.09. The minimum Gasteiger partial charge on any atom is -0.457 e. The fourth-order valence-corrected chi connectivity index (χ4v) is 1.40. The van der Waals surface area contributed by atoms with Crippen molar-refractivity contribution >= 4 is 5.97 Å². The molecule has 0 fully saturated rings. The molecule has 1 aliphatic heterocycles. The number of esters is 1. The summed E-state index contributed by atoms with van der Waals surface area (Å²) in [5, 5.41) is 9.36. The van der Waals surface area contributed by atoms with Gasteiger partial charge in [-0.1, -0.05) is 6.08 Å². The highest BCUT2D eigenvalue weighted by Crippen LogP contribution is 2.28. The van der Waals surface area contributed by atoms with Gasteiger partial charge in [-0.3, -0.25) is 0 Å². The minimum absolute atomic E-state index is 0.171. The van der Waals surface area contributed by atoms with Crippen molar-refractivity contribution in [1.82, 2.24) is 0 Å². The van der Waals surface area contributed by atoms with Crippen molar-refractivity contribution in [2.75, 3.05) is 0 Å². The van der Waals surface area contributed by atoms with E-state index in [1.54, 1.807) is 20.8 Å². The second-order valence-corrected chi connectivity index (χ2v) is 3.93. The summed E-state index contributed by atoms with van der Waals surface area (Å²) in [6, 6.07) is 0. The average Bonchev–Trinajstić information content (AvgIpc) is 2.09. The second kappa shape index (κ2) is 4.06. The molecule has 0 aliphatic carbocycles. The number of carbonyl (C=O) groups is 1. The molecule has 15 heavy (non-hydrogen) atoms. The van der Waals surface area contributed by atoms with E-state index in [0.29, 0.717) is 11.3 Å². The van der Waals surface area contributed by atoms with Crippen molar-refractivity contribution in [1.29, 1.82) is 0 Å². The number of allylic oxidation sites excluding steroid dienone is 1. The Morgan fingerprint density at radius 1 is 1.53 bits per heavy atom. The number of aliphatic hydroxyl groups excluding tert-OH is 1. The van der Waals surface area contributed by atoms with Crippen LogP contribution in [0.4, 0.5) is 0 Å². The SMILES string of the molecule is C=CC(O)CC1=C(C)OC(C)(C)OC1=O. The summed E-state index contributed by atoms with van der Waals surface area (Å²) in [5.74, 6) is -0.870. The first kappa shape index (κ1) is 11.8. The summed E-state index contributed by atoms with van der Waals surface area (Å²) in [7, 11) is 0. The minimum atomic E-state index is -0.927. The van der Waals surface area contributed by atoms with Crippen LogP contribution < -0.4 is 0 Å². The molecule has 0 aromatic heterocycles. The quantitative estimate of drug-likeness (QED) is 0.569. The molecule has 0 saturated carbocycles. The summed E-state index contributed by atoms with van der Waals surface area (Å²) >= 11 is 0. The van der Waals surface area contributed by atoms with Gasteiger partial charge in [0.15, 0.2) is 0 Å². The van der Waals surface area contributed by atoms with E-state index >= 15 is 0 Å². The zero-order valence-corrected chi connectivity index (χ0v) is 9.24. The van der Waals surface area contributed by atoms with Crippen LogP contribution in [0.5, 0.6) is 0 Å². The third kappa shape index (κ3) is 2.83. The van der Waals surface area contributed by atoms with Gasteiger partial charge >= 0.3 is 5.97 Å². The highest BCUT2D eigenvalue weighted by atomic mass is 16.7. The lowest BCUT2D eigenvalue weighted by Gasteiger charge is -2.32. The Labute approximate surface area is 89.2 Å². The van der Waals surface area contributed by atoms with Gasteiger partial charge in [-0.15, -0.1) is 6.58 Å². The molecule has 0 aromatic rings. The molecule has 1 aliphatic rings. The van der Waals surface area contributed by atoms with E-state index in [9.17, 15) is 9.90 Å². The van der Waals surface area contributed by atoms with Crippen LogP contribution >= 0.6 is 0 Å². The summed E-state index contributed by atoms with van der Waals surface area (Å²) < 4.78 is 10.4. The van der Waals surface area contributed by atoms with E-state index < -0.39 is 17.9 Å². The lowest BCUT2D eigenvalue weighted by atomic mass is 10.1. The Bertz CT molecular complexity index is 315. The molecular formula is C11H16O4. The molecule has 1 rings (SSSR count). The number of ether oxygens (including phenoxy) is 2. The lowest BCUT2D eigenvalue weighted by molar-refractivity contribution is -0.207. The van der Waals surface area contributed by atoms with Crippen LogP contribution in [-0.2, 0) is 14.3 Å². The second-order valence-electron chi connectivity index (χ2n) is 3.93. The largest absolute Gasteiger partial charge is 0.457 e. The van der Waals surface area contributed by atoms with Crippen molar-refractivity contribution in [3.63, 3.8) is 0 Å². The van der Waals surface area contributed by atoms with Crippen LogP contribution in [0.3, 0.4) is 0 Å². The zero-order chi connectivity index (χ0) is 11.6. The molecule has 4 nitrogen and oxygen atoms in total. The van der Waals surface area contributed by atoms with Gasteiger partial charge in [0.2, 0.25) is 5.79 Å². The molecule has 0 spiro atoms. The van der Waals surface area contributed by atoms with Crippen LogP contribution in [0, 0.1) is 0 Å². The molecule has 1 atom stereocenters. The average molecular weight is 212 g/mol. The Balaban J connectivity index is 2.87. The van der Waals surface area contributed by atoms with E-state index in [-0.39, 0.29) is 6.42 Å². The molecule has 0 aromatic carbocycles. The summed E-state index contributed by atoms with van der Waals surface area (Å²) in [6.07, 6.45) is 0.782. The number of hydrogen-bond acceptors (Lipinski definition) is 4. The molecule has 4 heteroatoms. The normalized spacial score (nSPS) is 21.7. The van der Waals surface area contributed by atoms with E-state index in [1.807, 2.05) is 0 Å². The van der Waals surface area contributed by atoms with Crippen LogP contribution in [0.25, 0.3) is 0 Å². The molecular weight excluding hydrogens is 196 g/mol. The fraction of sp³-hybridized carbons (Fsp3) is 0.545. The van der Waals surface area contributed by atoms with Crippen molar-refractivity contribution in [2.24, 2.45) is 0 Å². The summed E-state index contributed by atoms with van der Waals surface area (Å²) in [4.78, 5) is 11.6. The molecule has 0 bridgehead atoms. The molecule has 0 radical (unpaired) electrons. The molecule has 1 N–H and O–H groups in total. The monoisotopic (exact) mass is 212 g/mol. The van der Waals surface area contributed by atoms with Gasteiger partial charge < -0.3 is 14.6 Å². The maximum atomic E-state index is 11.6. The maximum absolute atomic E-state index is 11.6. The van der Waals surface area contributed by atoms with E-state index in [0.717, 1.165) is 0 Å². The van der Waals surface area contributed by atoms with Crippen LogP contribution in [-0.4, -0.2) is 23.0 Å². The highest BCUT2D eigenvalue weighted by Gasteiger charge is 2.34. The first-order valence-electron chi connectivity index (χ1n) is 4.78. The first-order valence-corrected chi connectivity index (χ1v) is 4.78. The van der Waals surface area contributed by atoms with E-state index in [4.69, 9.17) is 9.47 Å². The van der Waals surface area contributed by atoms with Crippen LogP contribution in [0.1, 0.15) is 27.2 Å². The maximum Gasteiger partial charge on any atom is 0.340 e. The number of carbonyl (C=O) groups excluding carboxylic acids is 1. The zero-order valence-electron chi connectivity index (χ0n) is 9.24. The number of aliphatic hydroxyl groups is 1. The van der Waals surface area contributed by atoms with E-state index in [1.165, 1.54) is 6.08 Å². The molecule has 1 unspecified atom stereocenters. The van der Waals surface area contributed by atoms with Gasteiger partial charge in [0, 0.05) is 20.3 Å². The van der Waals surface area contributed by atoms with E-state index in [2.05, 4.69) is 6.58 Å². The van der Waals surface area contributed by atoms with Crippen molar-refractivity contribution in [2.45, 2.75) is 39.1 Å². The summed E-state index contributed by atoms with van der Waals surface area (Å²) in [6.45, 7) is 8.45. The molecule has 0 saturated heterocycles. The lowest BCUT2D eigenvalue weighted by Crippen LogP contribution is -2.37. The Morgan fingerprint density at radius 3 is 2.60 bits per heavy atom. The topological polar surface area (TPSA) is 55.8 Å². The standard InChI is InChI=1S/C11H16O4/c1-5-8(12)6-9-7(2)14-11(3,4)15-10(9)13/h5,8,12H,1,6H2,2-4H3. The Hall–Kier alpha value is -1.29. The van der Waals surface area contributed by atoms with Crippen LogP contribution in [0.15, 0.2) is 24.0 Å². The molecule has 1 heterocycles. The Morgan fingerprint density at radius 2 is 2.13 bits per heavy atom. The van der Waals surface area contributed by atoms with Gasteiger partial charge in [0.05, 0.1) is 11.7 Å². The van der Waals surface area contributed by atoms with Crippen molar-refractivity contribution in [3.8, 4) is 0 Å². The fourth-order valence-electron chi connectivity index (χ4n) is 1.40. The predicted molar refractivity (Wildman–Crippen MR) is 54.8 cm³/mol. The van der Waals surface area contributed by atoms with Gasteiger partial charge in [-0.25, -0.2) is 4.79 Å². The van der Waals surface area contributed by atoms with Crippen molar-refractivity contribution in [3.05, 3.63) is 24.0 Å². The van der Waals surface area contributed by atoms with Gasteiger partial charge in [-0.2, -0.15) is 0 Å². The predicted octanol–water partition coefficient (Wildman–Crippen LogP) is 1.51. The third-order valence-corrected chi connectivity index (χ3v) is 2.09. The van der Waals surface area contributed by atoms with Crippen LogP contribution in [0.2, 0.25) is 0 Å². The van der Waals surface area contributed by atoms with Gasteiger partial charge in [0.1, 0.15) is 5.76 Å².